The fraction of sp³-hybridized carbons (Fsp3) is 0.294. The molecule has 0 amide bonds. The molecule has 0 aliphatic carbocycles. The molecule has 2 aromatic carbocycles. The maximum Gasteiger partial charge on any atom is 0.115 e. The van der Waals surface area contributed by atoms with Crippen molar-refractivity contribution in [2.45, 2.75) is 33.2 Å². The monoisotopic (exact) mass is 255 g/mol. The van der Waals surface area contributed by atoms with Crippen molar-refractivity contribution in [3.05, 3.63) is 59.2 Å². The van der Waals surface area contributed by atoms with Crippen LogP contribution in [0.3, 0.4) is 0 Å². The van der Waals surface area contributed by atoms with Crippen molar-refractivity contribution in [2.24, 2.45) is 0 Å². The summed E-state index contributed by atoms with van der Waals surface area (Å²) in [6.07, 6.45) is 0.938. The van der Waals surface area contributed by atoms with Gasteiger partial charge in [-0.3, -0.25) is 0 Å². The van der Waals surface area contributed by atoms with Gasteiger partial charge in [-0.25, -0.2) is 0 Å². The van der Waals surface area contributed by atoms with Crippen molar-refractivity contribution in [3.8, 4) is 5.75 Å². The fourth-order valence-corrected chi connectivity index (χ4v) is 2.28. The van der Waals surface area contributed by atoms with Crippen LogP contribution in [0.5, 0.6) is 5.75 Å². The Morgan fingerprint density at radius 3 is 2.37 bits per heavy atom. The number of hydrogen-bond donors (Lipinski definition) is 2. The molecular formula is C17H21NO. The summed E-state index contributed by atoms with van der Waals surface area (Å²) in [7, 11) is 0. The van der Waals surface area contributed by atoms with Gasteiger partial charge in [-0.05, 0) is 56.5 Å². The van der Waals surface area contributed by atoms with Gasteiger partial charge in [0.1, 0.15) is 5.75 Å². The van der Waals surface area contributed by atoms with Crippen molar-refractivity contribution in [3.63, 3.8) is 0 Å². The molecule has 0 aliphatic rings. The van der Waals surface area contributed by atoms with Crippen LogP contribution in [0.2, 0.25) is 0 Å². The highest BCUT2D eigenvalue weighted by Gasteiger charge is 2.05. The lowest BCUT2D eigenvalue weighted by molar-refractivity contribution is 0.475. The first-order chi connectivity index (χ1) is 9.04. The van der Waals surface area contributed by atoms with Crippen LogP contribution in [0.25, 0.3) is 0 Å². The van der Waals surface area contributed by atoms with E-state index in [0.29, 0.717) is 11.8 Å². The zero-order chi connectivity index (χ0) is 13.8. The van der Waals surface area contributed by atoms with Crippen molar-refractivity contribution in [1.29, 1.82) is 0 Å². The molecule has 0 saturated carbocycles. The van der Waals surface area contributed by atoms with Crippen LogP contribution in [0.15, 0.2) is 42.5 Å². The molecule has 0 fully saturated rings. The van der Waals surface area contributed by atoms with Crippen LogP contribution < -0.4 is 5.32 Å². The maximum absolute atomic E-state index is 9.27. The minimum Gasteiger partial charge on any atom is -0.508 e. The lowest BCUT2D eigenvalue weighted by Gasteiger charge is -2.17. The zero-order valence-corrected chi connectivity index (χ0v) is 11.8. The van der Waals surface area contributed by atoms with E-state index in [0.717, 1.165) is 6.42 Å². The van der Waals surface area contributed by atoms with E-state index in [4.69, 9.17) is 0 Å². The van der Waals surface area contributed by atoms with Gasteiger partial charge in [0.2, 0.25) is 0 Å². The van der Waals surface area contributed by atoms with Crippen molar-refractivity contribution >= 4 is 5.69 Å². The molecular weight excluding hydrogens is 234 g/mol. The van der Waals surface area contributed by atoms with Crippen molar-refractivity contribution < 1.29 is 5.11 Å². The number of benzene rings is 2. The Bertz CT molecular complexity index is 546. The number of hydrogen-bond acceptors (Lipinski definition) is 2. The van der Waals surface area contributed by atoms with Gasteiger partial charge >= 0.3 is 0 Å². The third kappa shape index (κ3) is 3.75. The second-order valence-electron chi connectivity index (χ2n) is 5.23. The van der Waals surface area contributed by atoms with Crippen LogP contribution in [-0.2, 0) is 6.42 Å². The minimum atomic E-state index is 0.318. The van der Waals surface area contributed by atoms with E-state index in [1.54, 1.807) is 12.1 Å². The minimum absolute atomic E-state index is 0.318. The Kier molecular flexibility index (Phi) is 4.10. The third-order valence-corrected chi connectivity index (χ3v) is 3.26. The SMILES string of the molecule is Cc1ccc(NC(C)Cc2ccc(O)cc2)c(C)c1. The Morgan fingerprint density at radius 1 is 1.05 bits per heavy atom. The highest BCUT2D eigenvalue weighted by Crippen LogP contribution is 2.18. The predicted octanol–water partition coefficient (Wildman–Crippen LogP) is 4.05. The van der Waals surface area contributed by atoms with E-state index in [2.05, 4.69) is 44.3 Å². The number of anilines is 1. The maximum atomic E-state index is 9.27. The average Bonchev–Trinajstić information content (AvgIpc) is 2.36. The molecule has 2 rings (SSSR count). The molecule has 0 aliphatic heterocycles. The smallest absolute Gasteiger partial charge is 0.115 e. The van der Waals surface area contributed by atoms with Gasteiger partial charge in [0.05, 0.1) is 0 Å². The average molecular weight is 255 g/mol. The van der Waals surface area contributed by atoms with E-state index >= 15 is 0 Å². The number of phenols is 1. The molecule has 19 heavy (non-hydrogen) atoms. The van der Waals surface area contributed by atoms with Gasteiger partial charge in [-0.2, -0.15) is 0 Å². The van der Waals surface area contributed by atoms with Crippen molar-refractivity contribution in [2.75, 3.05) is 5.32 Å². The van der Waals surface area contributed by atoms with E-state index in [1.807, 2.05) is 12.1 Å². The molecule has 0 saturated heterocycles. The second kappa shape index (κ2) is 5.79. The molecule has 2 N–H and O–H groups in total. The number of aromatic hydroxyl groups is 1. The lowest BCUT2D eigenvalue weighted by atomic mass is 10.1. The largest absolute Gasteiger partial charge is 0.508 e. The van der Waals surface area contributed by atoms with Gasteiger partial charge in [0.15, 0.2) is 0 Å². The van der Waals surface area contributed by atoms with E-state index in [9.17, 15) is 5.11 Å². The zero-order valence-electron chi connectivity index (χ0n) is 11.8. The summed E-state index contributed by atoms with van der Waals surface area (Å²) in [5.74, 6) is 0.318. The molecule has 0 radical (unpaired) electrons. The molecule has 2 heteroatoms. The summed E-state index contributed by atoms with van der Waals surface area (Å²) in [6, 6.07) is 14.2. The van der Waals surface area contributed by atoms with Crippen molar-refractivity contribution in [1.82, 2.24) is 0 Å². The summed E-state index contributed by atoms with van der Waals surface area (Å²) in [4.78, 5) is 0. The fourth-order valence-electron chi connectivity index (χ4n) is 2.28. The number of aryl methyl sites for hydroxylation is 2. The summed E-state index contributed by atoms with van der Waals surface area (Å²) in [5.41, 5.74) is 4.98. The van der Waals surface area contributed by atoms with Gasteiger partial charge < -0.3 is 10.4 Å². The third-order valence-electron chi connectivity index (χ3n) is 3.26. The number of nitrogens with one attached hydrogen (secondary N) is 1. The molecule has 0 bridgehead atoms. The quantitative estimate of drug-likeness (QED) is 0.863. The molecule has 100 valence electrons. The summed E-state index contributed by atoms with van der Waals surface area (Å²) in [6.45, 7) is 6.41. The Balaban J connectivity index is 2.01. The van der Waals surface area contributed by atoms with Gasteiger partial charge in [-0.1, -0.05) is 29.8 Å². The normalized spacial score (nSPS) is 12.2. The molecule has 2 nitrogen and oxygen atoms in total. The van der Waals surface area contributed by atoms with Gasteiger partial charge in [0, 0.05) is 11.7 Å². The molecule has 2 aromatic rings. The van der Waals surface area contributed by atoms with Gasteiger partial charge in [0.25, 0.3) is 0 Å². The van der Waals surface area contributed by atoms with Crippen LogP contribution in [-0.4, -0.2) is 11.1 Å². The van der Waals surface area contributed by atoms with Crippen LogP contribution in [0.4, 0.5) is 5.69 Å². The van der Waals surface area contributed by atoms with E-state index in [1.165, 1.54) is 22.4 Å². The summed E-state index contributed by atoms with van der Waals surface area (Å²) >= 11 is 0. The summed E-state index contributed by atoms with van der Waals surface area (Å²) in [5, 5.41) is 12.8. The Hall–Kier alpha value is -1.96. The van der Waals surface area contributed by atoms with E-state index in [-0.39, 0.29) is 0 Å². The first-order valence-corrected chi connectivity index (χ1v) is 6.66. The standard InChI is InChI=1S/C17H21NO/c1-12-4-9-17(13(2)10-12)18-14(3)11-15-5-7-16(19)8-6-15/h4-10,14,18-19H,11H2,1-3H3. The predicted molar refractivity (Wildman–Crippen MR) is 80.8 cm³/mol. The highest BCUT2D eigenvalue weighted by atomic mass is 16.3. The van der Waals surface area contributed by atoms with Crippen LogP contribution in [0, 0.1) is 13.8 Å². The lowest BCUT2D eigenvalue weighted by Crippen LogP contribution is -2.18. The molecule has 0 heterocycles. The topological polar surface area (TPSA) is 32.3 Å². The number of rotatable bonds is 4. The van der Waals surface area contributed by atoms with E-state index < -0.39 is 0 Å². The second-order valence-corrected chi connectivity index (χ2v) is 5.23. The Labute approximate surface area is 115 Å². The summed E-state index contributed by atoms with van der Waals surface area (Å²) < 4.78 is 0. The first-order valence-electron chi connectivity index (χ1n) is 6.66. The number of phenolic OH excluding ortho intramolecular Hbond substituents is 1. The molecule has 0 spiro atoms. The Morgan fingerprint density at radius 2 is 1.74 bits per heavy atom. The first kappa shape index (κ1) is 13.5. The molecule has 1 unspecified atom stereocenters. The molecule has 0 aromatic heterocycles. The van der Waals surface area contributed by atoms with Crippen LogP contribution >= 0.6 is 0 Å². The van der Waals surface area contributed by atoms with Gasteiger partial charge in [-0.15, -0.1) is 0 Å². The molecule has 1 atom stereocenters. The van der Waals surface area contributed by atoms with Crippen LogP contribution in [0.1, 0.15) is 23.6 Å². The highest BCUT2D eigenvalue weighted by molar-refractivity contribution is 5.52.